The molecule has 15 heavy (non-hydrogen) atoms. The molecule has 1 aromatic rings. The van der Waals surface area contributed by atoms with Gasteiger partial charge in [0.2, 0.25) is 0 Å². The SMILES string of the molecule is CCc1cc(Br)ccc1C(O)C(O)CS. The third-order valence-corrected chi connectivity index (χ3v) is 3.22. The number of aliphatic hydroxyl groups is 2. The van der Waals surface area contributed by atoms with Crippen LogP contribution in [0.4, 0.5) is 0 Å². The number of aryl methyl sites for hydroxylation is 1. The average molecular weight is 291 g/mol. The Morgan fingerprint density at radius 1 is 1.40 bits per heavy atom. The monoisotopic (exact) mass is 290 g/mol. The molecule has 2 nitrogen and oxygen atoms in total. The van der Waals surface area contributed by atoms with Crippen LogP contribution in [0.15, 0.2) is 22.7 Å². The molecule has 0 bridgehead atoms. The summed E-state index contributed by atoms with van der Waals surface area (Å²) in [6, 6.07) is 5.66. The molecule has 0 radical (unpaired) electrons. The Bertz CT molecular complexity index is 330. The van der Waals surface area contributed by atoms with Crippen LogP contribution < -0.4 is 0 Å². The lowest BCUT2D eigenvalue weighted by Crippen LogP contribution is -2.20. The maximum Gasteiger partial charge on any atom is 0.106 e. The van der Waals surface area contributed by atoms with Gasteiger partial charge < -0.3 is 10.2 Å². The third-order valence-electron chi connectivity index (χ3n) is 2.36. The maximum absolute atomic E-state index is 9.88. The molecule has 0 saturated heterocycles. The van der Waals surface area contributed by atoms with Crippen LogP contribution in [0.5, 0.6) is 0 Å². The van der Waals surface area contributed by atoms with Gasteiger partial charge in [-0.05, 0) is 29.7 Å². The first-order valence-corrected chi connectivity index (χ1v) is 6.28. The van der Waals surface area contributed by atoms with E-state index >= 15 is 0 Å². The van der Waals surface area contributed by atoms with Crippen molar-refractivity contribution < 1.29 is 10.2 Å². The van der Waals surface area contributed by atoms with Crippen LogP contribution in [-0.2, 0) is 6.42 Å². The van der Waals surface area contributed by atoms with Gasteiger partial charge >= 0.3 is 0 Å². The Kier molecular flexibility index (Phi) is 5.12. The van der Waals surface area contributed by atoms with Crippen LogP contribution in [0.3, 0.4) is 0 Å². The second-order valence-corrected chi connectivity index (χ2v) is 4.67. The van der Waals surface area contributed by atoms with Crippen molar-refractivity contribution in [3.63, 3.8) is 0 Å². The van der Waals surface area contributed by atoms with Crippen molar-refractivity contribution >= 4 is 28.6 Å². The average Bonchev–Trinajstić information content (AvgIpc) is 2.26. The zero-order valence-electron chi connectivity index (χ0n) is 8.52. The van der Waals surface area contributed by atoms with Gasteiger partial charge in [-0.2, -0.15) is 12.6 Å². The van der Waals surface area contributed by atoms with E-state index in [-0.39, 0.29) is 5.75 Å². The van der Waals surface area contributed by atoms with Crippen LogP contribution in [0.2, 0.25) is 0 Å². The summed E-state index contributed by atoms with van der Waals surface area (Å²) in [5.41, 5.74) is 1.82. The van der Waals surface area contributed by atoms with Crippen LogP contribution in [-0.4, -0.2) is 22.1 Å². The van der Waals surface area contributed by atoms with Gasteiger partial charge in [0.25, 0.3) is 0 Å². The van der Waals surface area contributed by atoms with E-state index in [2.05, 4.69) is 28.6 Å². The molecule has 2 atom stereocenters. The van der Waals surface area contributed by atoms with E-state index in [1.807, 2.05) is 25.1 Å². The molecular formula is C11H15BrO2S. The van der Waals surface area contributed by atoms with Crippen molar-refractivity contribution in [3.8, 4) is 0 Å². The van der Waals surface area contributed by atoms with Gasteiger partial charge in [-0.3, -0.25) is 0 Å². The first kappa shape index (κ1) is 13.0. The lowest BCUT2D eigenvalue weighted by Gasteiger charge is -2.19. The van der Waals surface area contributed by atoms with Crippen molar-refractivity contribution in [1.29, 1.82) is 0 Å². The van der Waals surface area contributed by atoms with Gasteiger partial charge in [-0.1, -0.05) is 28.9 Å². The first-order chi connectivity index (χ1) is 7.10. The van der Waals surface area contributed by atoms with Crippen molar-refractivity contribution in [3.05, 3.63) is 33.8 Å². The molecule has 0 aliphatic heterocycles. The molecule has 0 saturated carbocycles. The Balaban J connectivity index is 3.02. The number of hydrogen-bond donors (Lipinski definition) is 3. The highest BCUT2D eigenvalue weighted by Crippen LogP contribution is 2.25. The molecule has 0 spiro atoms. The molecule has 2 N–H and O–H groups in total. The van der Waals surface area contributed by atoms with Gasteiger partial charge in [0.05, 0.1) is 6.10 Å². The van der Waals surface area contributed by atoms with Gasteiger partial charge in [0.15, 0.2) is 0 Å². The minimum absolute atomic E-state index is 0.250. The Labute approximate surface area is 104 Å². The normalized spacial score (nSPS) is 15.0. The maximum atomic E-state index is 9.88. The van der Waals surface area contributed by atoms with Crippen LogP contribution in [0.1, 0.15) is 24.2 Å². The van der Waals surface area contributed by atoms with Crippen LogP contribution in [0, 0.1) is 0 Å². The Hall–Kier alpha value is -0.0300. The van der Waals surface area contributed by atoms with Gasteiger partial charge in [0.1, 0.15) is 6.10 Å². The summed E-state index contributed by atoms with van der Waals surface area (Å²) < 4.78 is 0.982. The smallest absolute Gasteiger partial charge is 0.106 e. The summed E-state index contributed by atoms with van der Waals surface area (Å²) in [5.74, 6) is 0.250. The van der Waals surface area contributed by atoms with Crippen molar-refractivity contribution in [2.24, 2.45) is 0 Å². The molecule has 0 aliphatic carbocycles. The van der Waals surface area contributed by atoms with Gasteiger partial charge in [-0.25, -0.2) is 0 Å². The molecule has 0 fully saturated rings. The summed E-state index contributed by atoms with van der Waals surface area (Å²) in [4.78, 5) is 0. The van der Waals surface area contributed by atoms with E-state index in [9.17, 15) is 10.2 Å². The van der Waals surface area contributed by atoms with Crippen molar-refractivity contribution in [2.45, 2.75) is 25.6 Å². The van der Waals surface area contributed by atoms with Crippen molar-refractivity contribution in [1.82, 2.24) is 0 Å². The molecule has 2 unspecified atom stereocenters. The number of hydrogen-bond acceptors (Lipinski definition) is 3. The summed E-state index contributed by atoms with van der Waals surface area (Å²) in [5, 5.41) is 19.4. The van der Waals surface area contributed by atoms with Crippen LogP contribution in [0.25, 0.3) is 0 Å². The Morgan fingerprint density at radius 3 is 2.60 bits per heavy atom. The molecule has 1 aromatic carbocycles. The fourth-order valence-corrected chi connectivity index (χ4v) is 2.08. The number of halogens is 1. The fraction of sp³-hybridized carbons (Fsp3) is 0.455. The molecule has 0 aromatic heterocycles. The topological polar surface area (TPSA) is 40.5 Å². The molecule has 0 amide bonds. The largest absolute Gasteiger partial charge is 0.389 e. The predicted octanol–water partition coefficient (Wildman–Crippen LogP) is 2.34. The molecule has 84 valence electrons. The molecule has 1 rings (SSSR count). The first-order valence-electron chi connectivity index (χ1n) is 4.85. The number of benzene rings is 1. The summed E-state index contributed by atoms with van der Waals surface area (Å²) in [6.45, 7) is 2.02. The van der Waals surface area contributed by atoms with E-state index < -0.39 is 12.2 Å². The molecule has 0 aliphatic rings. The minimum atomic E-state index is -0.856. The highest BCUT2D eigenvalue weighted by atomic mass is 79.9. The second kappa shape index (κ2) is 5.89. The van der Waals surface area contributed by atoms with E-state index in [1.54, 1.807) is 0 Å². The number of thiol groups is 1. The van der Waals surface area contributed by atoms with Crippen LogP contribution >= 0.6 is 28.6 Å². The molecular weight excluding hydrogens is 276 g/mol. The minimum Gasteiger partial charge on any atom is -0.389 e. The summed E-state index contributed by atoms with van der Waals surface area (Å²) >= 11 is 7.35. The quantitative estimate of drug-likeness (QED) is 0.745. The molecule has 4 heteroatoms. The highest BCUT2D eigenvalue weighted by molar-refractivity contribution is 9.10. The third kappa shape index (κ3) is 3.21. The fourth-order valence-electron chi connectivity index (χ4n) is 1.48. The Morgan fingerprint density at radius 2 is 2.07 bits per heavy atom. The lowest BCUT2D eigenvalue weighted by molar-refractivity contribution is 0.0332. The lowest BCUT2D eigenvalue weighted by atomic mass is 9.98. The van der Waals surface area contributed by atoms with Gasteiger partial charge in [-0.15, -0.1) is 0 Å². The number of aliphatic hydroxyl groups excluding tert-OH is 2. The van der Waals surface area contributed by atoms with E-state index in [0.717, 1.165) is 22.0 Å². The summed E-state index contributed by atoms with van der Waals surface area (Å²) in [6.07, 6.45) is -0.851. The van der Waals surface area contributed by atoms with Crippen molar-refractivity contribution in [2.75, 3.05) is 5.75 Å². The summed E-state index contributed by atoms with van der Waals surface area (Å²) in [7, 11) is 0. The standard InChI is InChI=1S/C11H15BrO2S/c1-2-7-5-8(12)3-4-9(7)11(14)10(13)6-15/h3-5,10-11,13-15H,2,6H2,1H3. The van der Waals surface area contributed by atoms with E-state index in [0.29, 0.717) is 0 Å². The van der Waals surface area contributed by atoms with Gasteiger partial charge in [0, 0.05) is 10.2 Å². The predicted molar refractivity (Wildman–Crippen MR) is 68.3 cm³/mol. The van der Waals surface area contributed by atoms with E-state index in [1.165, 1.54) is 0 Å². The number of rotatable bonds is 4. The molecule has 0 heterocycles. The second-order valence-electron chi connectivity index (χ2n) is 3.39. The highest BCUT2D eigenvalue weighted by Gasteiger charge is 2.19. The zero-order chi connectivity index (χ0) is 11.4. The zero-order valence-corrected chi connectivity index (χ0v) is 11.0. The van der Waals surface area contributed by atoms with E-state index in [4.69, 9.17) is 0 Å².